The van der Waals surface area contributed by atoms with E-state index in [2.05, 4.69) is 10.6 Å². The van der Waals surface area contributed by atoms with Gasteiger partial charge < -0.3 is 20.3 Å². The SMILES string of the molecule is CNCCC(=O)NC1CCN(C(=O)Cc2ccccc2OC)CC1.Cl. The number of nitrogens with one attached hydrogen (secondary N) is 2. The summed E-state index contributed by atoms with van der Waals surface area (Å²) in [7, 11) is 3.45. The molecule has 2 rings (SSSR count). The molecular weight excluding hydrogens is 342 g/mol. The molecule has 6 nitrogen and oxygen atoms in total. The van der Waals surface area contributed by atoms with Crippen molar-refractivity contribution in [3.05, 3.63) is 29.8 Å². The third kappa shape index (κ3) is 6.55. The normalized spacial score (nSPS) is 14.6. The van der Waals surface area contributed by atoms with E-state index in [-0.39, 0.29) is 30.3 Å². The van der Waals surface area contributed by atoms with E-state index in [0.717, 1.165) is 24.2 Å². The molecule has 0 bridgehead atoms. The quantitative estimate of drug-likeness (QED) is 0.761. The van der Waals surface area contributed by atoms with Gasteiger partial charge in [0.15, 0.2) is 0 Å². The fourth-order valence-corrected chi connectivity index (χ4v) is 2.94. The predicted molar refractivity (Wildman–Crippen MR) is 100 cm³/mol. The average Bonchev–Trinajstić information content (AvgIpc) is 2.61. The van der Waals surface area contributed by atoms with Crippen molar-refractivity contribution >= 4 is 24.2 Å². The first-order valence-electron chi connectivity index (χ1n) is 8.47. The van der Waals surface area contributed by atoms with E-state index in [1.807, 2.05) is 36.2 Å². The van der Waals surface area contributed by atoms with Crippen molar-refractivity contribution in [1.82, 2.24) is 15.5 Å². The summed E-state index contributed by atoms with van der Waals surface area (Å²) < 4.78 is 5.30. The number of hydrogen-bond acceptors (Lipinski definition) is 4. The number of hydrogen-bond donors (Lipinski definition) is 2. The van der Waals surface area contributed by atoms with Gasteiger partial charge in [0.05, 0.1) is 13.5 Å². The van der Waals surface area contributed by atoms with Gasteiger partial charge in [-0.3, -0.25) is 9.59 Å². The number of piperidine rings is 1. The van der Waals surface area contributed by atoms with Gasteiger partial charge in [0, 0.05) is 37.7 Å². The van der Waals surface area contributed by atoms with Crippen molar-refractivity contribution in [2.24, 2.45) is 0 Å². The predicted octanol–water partition coefficient (Wildman–Crippen LogP) is 1.38. The number of rotatable bonds is 7. The van der Waals surface area contributed by atoms with Crippen molar-refractivity contribution < 1.29 is 14.3 Å². The number of nitrogens with zero attached hydrogens (tertiary/aromatic N) is 1. The highest BCUT2D eigenvalue weighted by Gasteiger charge is 2.24. The second-order valence-electron chi connectivity index (χ2n) is 6.06. The summed E-state index contributed by atoms with van der Waals surface area (Å²) in [6.07, 6.45) is 2.46. The minimum Gasteiger partial charge on any atom is -0.496 e. The largest absolute Gasteiger partial charge is 0.496 e. The topological polar surface area (TPSA) is 70.7 Å². The van der Waals surface area contributed by atoms with Crippen LogP contribution in [0.2, 0.25) is 0 Å². The van der Waals surface area contributed by atoms with E-state index < -0.39 is 0 Å². The lowest BCUT2D eigenvalue weighted by molar-refractivity contribution is -0.131. The lowest BCUT2D eigenvalue weighted by atomic mass is 10.0. The Bertz CT molecular complexity index is 560. The van der Waals surface area contributed by atoms with Gasteiger partial charge in [-0.15, -0.1) is 12.4 Å². The van der Waals surface area contributed by atoms with E-state index in [4.69, 9.17) is 4.74 Å². The Labute approximate surface area is 155 Å². The number of carbonyl (C=O) groups is 2. The van der Waals surface area contributed by atoms with Gasteiger partial charge in [-0.05, 0) is 26.0 Å². The van der Waals surface area contributed by atoms with Crippen LogP contribution in [0, 0.1) is 0 Å². The molecular formula is C18H28ClN3O3. The highest BCUT2D eigenvalue weighted by molar-refractivity contribution is 5.85. The van der Waals surface area contributed by atoms with Gasteiger partial charge >= 0.3 is 0 Å². The Morgan fingerprint density at radius 2 is 1.92 bits per heavy atom. The van der Waals surface area contributed by atoms with Gasteiger partial charge in [-0.1, -0.05) is 18.2 Å². The summed E-state index contributed by atoms with van der Waals surface area (Å²) >= 11 is 0. The summed E-state index contributed by atoms with van der Waals surface area (Å²) in [6.45, 7) is 2.05. The molecule has 25 heavy (non-hydrogen) atoms. The standard InChI is InChI=1S/C18H27N3O3.ClH/c1-19-10-7-17(22)20-15-8-11-21(12-9-15)18(23)13-14-5-3-4-6-16(14)24-2;/h3-6,15,19H,7-13H2,1-2H3,(H,20,22);1H. The van der Waals surface area contributed by atoms with Gasteiger partial charge in [0.2, 0.25) is 11.8 Å². The van der Waals surface area contributed by atoms with Crippen molar-refractivity contribution in [3.8, 4) is 5.75 Å². The van der Waals surface area contributed by atoms with E-state index in [0.29, 0.717) is 32.5 Å². The molecule has 1 aromatic carbocycles. The number of carbonyl (C=O) groups excluding carboxylic acids is 2. The van der Waals surface area contributed by atoms with Crippen molar-refractivity contribution in [2.75, 3.05) is 33.8 Å². The van der Waals surface area contributed by atoms with Crippen molar-refractivity contribution in [1.29, 1.82) is 0 Å². The molecule has 2 amide bonds. The minimum atomic E-state index is 0. The molecule has 1 aliphatic rings. The Balaban J connectivity index is 0.00000312. The first-order valence-corrected chi connectivity index (χ1v) is 8.47. The molecule has 7 heteroatoms. The molecule has 0 spiro atoms. The van der Waals surface area contributed by atoms with Crippen LogP contribution >= 0.6 is 12.4 Å². The van der Waals surface area contributed by atoms with Crippen LogP contribution in [0.4, 0.5) is 0 Å². The van der Waals surface area contributed by atoms with Crippen LogP contribution in [0.1, 0.15) is 24.8 Å². The third-order valence-electron chi connectivity index (χ3n) is 4.35. The Kier molecular flexibility index (Phi) is 9.31. The highest BCUT2D eigenvalue weighted by atomic mass is 35.5. The van der Waals surface area contributed by atoms with Crippen LogP contribution in [0.15, 0.2) is 24.3 Å². The zero-order valence-corrected chi connectivity index (χ0v) is 15.7. The van der Waals surface area contributed by atoms with Crippen LogP contribution in [0.5, 0.6) is 5.75 Å². The van der Waals surface area contributed by atoms with Crippen molar-refractivity contribution in [2.45, 2.75) is 31.7 Å². The molecule has 1 aromatic rings. The molecule has 0 saturated carbocycles. The number of ether oxygens (including phenoxy) is 1. The van der Waals surface area contributed by atoms with Gasteiger partial charge in [0.1, 0.15) is 5.75 Å². The number of halogens is 1. The summed E-state index contributed by atoms with van der Waals surface area (Å²) in [5.41, 5.74) is 0.910. The maximum atomic E-state index is 12.5. The Morgan fingerprint density at radius 3 is 2.56 bits per heavy atom. The summed E-state index contributed by atoms with van der Waals surface area (Å²) in [6, 6.07) is 7.78. The first kappa shape index (κ1) is 21.3. The number of benzene rings is 1. The molecule has 2 N–H and O–H groups in total. The van der Waals surface area contributed by atoms with Crippen molar-refractivity contribution in [3.63, 3.8) is 0 Å². The molecule has 0 aliphatic carbocycles. The van der Waals surface area contributed by atoms with E-state index in [9.17, 15) is 9.59 Å². The average molecular weight is 370 g/mol. The number of amides is 2. The minimum absolute atomic E-state index is 0. The van der Waals surface area contributed by atoms with Crippen LogP contribution in [-0.2, 0) is 16.0 Å². The van der Waals surface area contributed by atoms with E-state index >= 15 is 0 Å². The molecule has 0 aromatic heterocycles. The monoisotopic (exact) mass is 369 g/mol. The second kappa shape index (κ2) is 10.9. The van der Waals surface area contributed by atoms with Gasteiger partial charge in [-0.25, -0.2) is 0 Å². The highest BCUT2D eigenvalue weighted by Crippen LogP contribution is 2.19. The smallest absolute Gasteiger partial charge is 0.227 e. The zero-order chi connectivity index (χ0) is 17.4. The lowest BCUT2D eigenvalue weighted by Crippen LogP contribution is -2.47. The Hall–Kier alpha value is -1.79. The molecule has 0 radical (unpaired) electrons. The number of methoxy groups -OCH3 is 1. The number of likely N-dealkylation sites (tertiary alicyclic amines) is 1. The number of para-hydroxylation sites is 1. The van der Waals surface area contributed by atoms with Gasteiger partial charge in [0.25, 0.3) is 0 Å². The zero-order valence-electron chi connectivity index (χ0n) is 14.9. The molecule has 0 atom stereocenters. The second-order valence-corrected chi connectivity index (χ2v) is 6.06. The fraction of sp³-hybridized carbons (Fsp3) is 0.556. The first-order chi connectivity index (χ1) is 11.6. The summed E-state index contributed by atoms with van der Waals surface area (Å²) in [5, 5.41) is 6.01. The molecule has 1 heterocycles. The van der Waals surface area contributed by atoms with Crippen LogP contribution in [0.3, 0.4) is 0 Å². The van der Waals surface area contributed by atoms with Gasteiger partial charge in [-0.2, -0.15) is 0 Å². The molecule has 140 valence electrons. The molecule has 0 unspecified atom stereocenters. The molecule has 1 saturated heterocycles. The van der Waals surface area contributed by atoms with E-state index in [1.54, 1.807) is 7.11 Å². The summed E-state index contributed by atoms with van der Waals surface area (Å²) in [5.74, 6) is 0.931. The molecule has 1 aliphatic heterocycles. The van der Waals surface area contributed by atoms with E-state index in [1.165, 1.54) is 0 Å². The lowest BCUT2D eigenvalue weighted by Gasteiger charge is -2.32. The maximum Gasteiger partial charge on any atom is 0.227 e. The van der Waals surface area contributed by atoms with Crippen LogP contribution in [-0.4, -0.2) is 56.5 Å². The van der Waals surface area contributed by atoms with Crippen LogP contribution < -0.4 is 15.4 Å². The fourth-order valence-electron chi connectivity index (χ4n) is 2.94. The maximum absolute atomic E-state index is 12.5. The summed E-state index contributed by atoms with van der Waals surface area (Å²) in [4.78, 5) is 26.1. The third-order valence-corrected chi connectivity index (χ3v) is 4.35. The van der Waals surface area contributed by atoms with Crippen LogP contribution in [0.25, 0.3) is 0 Å². The molecule has 1 fully saturated rings. The Morgan fingerprint density at radius 1 is 1.24 bits per heavy atom.